The molecular weight excluding hydrogens is 360 g/mol. The van der Waals surface area contributed by atoms with Crippen molar-refractivity contribution in [3.63, 3.8) is 0 Å². The number of methoxy groups -OCH3 is 2. The molecule has 0 spiro atoms. The van der Waals surface area contributed by atoms with Crippen LogP contribution in [0.1, 0.15) is 33.1 Å². The summed E-state index contributed by atoms with van der Waals surface area (Å²) in [6.45, 7) is 4.19. The van der Waals surface area contributed by atoms with Crippen LogP contribution in [0.3, 0.4) is 0 Å². The average Bonchev–Trinajstić information content (AvgIpc) is 3.14. The molecule has 2 heterocycles. The van der Waals surface area contributed by atoms with Crippen LogP contribution in [0.15, 0.2) is 30.5 Å². The molecule has 1 aliphatic heterocycles. The van der Waals surface area contributed by atoms with Crippen molar-refractivity contribution >= 4 is 11.9 Å². The van der Waals surface area contributed by atoms with Crippen LogP contribution in [-0.2, 0) is 4.79 Å². The molecule has 148 valence electrons. The van der Waals surface area contributed by atoms with Gasteiger partial charge in [-0.15, -0.1) is 0 Å². The summed E-state index contributed by atoms with van der Waals surface area (Å²) in [5.41, 5.74) is 2.97. The monoisotopic (exact) mass is 384 g/mol. The molecule has 0 aliphatic carbocycles. The first-order chi connectivity index (χ1) is 13.4. The number of nitrogens with zero attached hydrogens (tertiary/aromatic N) is 2. The minimum Gasteiger partial charge on any atom is -0.493 e. The second-order valence-electron chi connectivity index (χ2n) is 6.97. The lowest BCUT2D eigenvalue weighted by molar-refractivity contribution is -0.141. The van der Waals surface area contributed by atoms with E-state index in [0.29, 0.717) is 17.1 Å². The Morgan fingerprint density at radius 3 is 2.54 bits per heavy atom. The lowest BCUT2D eigenvalue weighted by Crippen LogP contribution is -2.30. The highest BCUT2D eigenvalue weighted by Crippen LogP contribution is 2.42. The summed E-state index contributed by atoms with van der Waals surface area (Å²) in [6.07, 6.45) is 1.54. The number of para-hydroxylation sites is 1. The number of likely N-dealkylation sites (tertiary alicyclic amines) is 1. The van der Waals surface area contributed by atoms with Crippen molar-refractivity contribution in [1.29, 1.82) is 0 Å². The second kappa shape index (κ2) is 7.88. The van der Waals surface area contributed by atoms with Crippen LogP contribution in [0.5, 0.6) is 11.5 Å². The first kappa shape index (κ1) is 19.7. The molecule has 1 fully saturated rings. The van der Waals surface area contributed by atoms with Gasteiger partial charge in [-0.25, -0.2) is 0 Å². The molecular formula is C21H24N2O5. The molecule has 7 heteroatoms. The van der Waals surface area contributed by atoms with Crippen LogP contribution in [0, 0.1) is 19.8 Å². The first-order valence-corrected chi connectivity index (χ1v) is 9.03. The van der Waals surface area contributed by atoms with Gasteiger partial charge in [0.05, 0.1) is 25.7 Å². The van der Waals surface area contributed by atoms with Gasteiger partial charge in [0.15, 0.2) is 11.5 Å². The summed E-state index contributed by atoms with van der Waals surface area (Å²) in [5, 5.41) is 9.76. The lowest BCUT2D eigenvalue weighted by atomic mass is 9.88. The van der Waals surface area contributed by atoms with Gasteiger partial charge in [-0.1, -0.05) is 12.1 Å². The fraction of sp³-hybridized carbons (Fsp3) is 0.381. The van der Waals surface area contributed by atoms with Crippen molar-refractivity contribution < 1.29 is 24.2 Å². The number of hydrogen-bond acceptors (Lipinski definition) is 5. The maximum atomic E-state index is 13.0. The normalized spacial score (nSPS) is 18.8. The van der Waals surface area contributed by atoms with E-state index in [1.807, 2.05) is 19.9 Å². The van der Waals surface area contributed by atoms with Crippen LogP contribution in [0.4, 0.5) is 0 Å². The predicted octanol–water partition coefficient (Wildman–Crippen LogP) is 2.66. The summed E-state index contributed by atoms with van der Waals surface area (Å²) in [7, 11) is 3.06. The molecule has 0 radical (unpaired) electrons. The Balaban J connectivity index is 1.95. The second-order valence-corrected chi connectivity index (χ2v) is 6.97. The minimum absolute atomic E-state index is 0.131. The molecule has 3 rings (SSSR count). The third-order valence-corrected chi connectivity index (χ3v) is 5.34. The average molecular weight is 384 g/mol. The van der Waals surface area contributed by atoms with E-state index in [1.54, 1.807) is 29.3 Å². The van der Waals surface area contributed by atoms with Crippen LogP contribution in [-0.4, -0.2) is 54.2 Å². The van der Waals surface area contributed by atoms with Gasteiger partial charge in [-0.2, -0.15) is 0 Å². The van der Waals surface area contributed by atoms with E-state index in [1.165, 1.54) is 14.2 Å². The van der Waals surface area contributed by atoms with Crippen LogP contribution < -0.4 is 9.47 Å². The van der Waals surface area contributed by atoms with Gasteiger partial charge < -0.3 is 19.5 Å². The Hall–Kier alpha value is -3.09. The number of pyridine rings is 1. The van der Waals surface area contributed by atoms with Crippen molar-refractivity contribution in [2.45, 2.75) is 19.8 Å². The number of rotatable bonds is 5. The number of ether oxygens (including phenoxy) is 2. The Kier molecular flexibility index (Phi) is 5.53. The molecule has 2 aromatic rings. The van der Waals surface area contributed by atoms with Crippen molar-refractivity contribution in [1.82, 2.24) is 9.88 Å². The maximum Gasteiger partial charge on any atom is 0.308 e. The molecule has 2 unspecified atom stereocenters. The number of benzene rings is 1. The van der Waals surface area contributed by atoms with E-state index in [-0.39, 0.29) is 19.0 Å². The zero-order valence-electron chi connectivity index (χ0n) is 16.4. The van der Waals surface area contributed by atoms with E-state index < -0.39 is 17.8 Å². The molecule has 1 N–H and O–H groups in total. The Bertz CT molecular complexity index is 912. The molecule has 28 heavy (non-hydrogen) atoms. The quantitative estimate of drug-likeness (QED) is 0.853. The molecule has 1 amide bonds. The highest BCUT2D eigenvalue weighted by Gasteiger charge is 2.42. The minimum atomic E-state index is -0.941. The van der Waals surface area contributed by atoms with E-state index in [0.717, 1.165) is 16.8 Å². The Labute approximate surface area is 163 Å². The number of carboxylic acids is 1. The van der Waals surface area contributed by atoms with Gasteiger partial charge in [0.1, 0.15) is 0 Å². The third kappa shape index (κ3) is 3.52. The number of carbonyl (C=O) groups excluding carboxylic acids is 1. The van der Waals surface area contributed by atoms with E-state index in [2.05, 4.69) is 4.98 Å². The summed E-state index contributed by atoms with van der Waals surface area (Å²) >= 11 is 0. The molecule has 1 aromatic carbocycles. The largest absolute Gasteiger partial charge is 0.493 e. The van der Waals surface area contributed by atoms with E-state index in [4.69, 9.17) is 9.47 Å². The smallest absolute Gasteiger partial charge is 0.308 e. The van der Waals surface area contributed by atoms with Crippen LogP contribution in [0.2, 0.25) is 0 Å². The topological polar surface area (TPSA) is 89.0 Å². The molecule has 0 saturated carbocycles. The number of aliphatic carboxylic acids is 1. The van der Waals surface area contributed by atoms with E-state index >= 15 is 0 Å². The van der Waals surface area contributed by atoms with Gasteiger partial charge in [0.25, 0.3) is 5.91 Å². The summed E-state index contributed by atoms with van der Waals surface area (Å²) in [4.78, 5) is 30.7. The maximum absolute atomic E-state index is 13.0. The van der Waals surface area contributed by atoms with Crippen molar-refractivity contribution in [3.05, 3.63) is 52.8 Å². The molecule has 2 atom stereocenters. The summed E-state index contributed by atoms with van der Waals surface area (Å²) < 4.78 is 10.8. The fourth-order valence-corrected chi connectivity index (χ4v) is 3.68. The van der Waals surface area contributed by atoms with E-state index in [9.17, 15) is 14.7 Å². The zero-order valence-corrected chi connectivity index (χ0v) is 16.4. The Morgan fingerprint density at radius 2 is 1.93 bits per heavy atom. The van der Waals surface area contributed by atoms with Gasteiger partial charge in [-0.3, -0.25) is 14.6 Å². The predicted molar refractivity (Wildman–Crippen MR) is 103 cm³/mol. The Morgan fingerprint density at radius 1 is 1.18 bits per heavy atom. The van der Waals surface area contributed by atoms with Crippen molar-refractivity contribution in [2.75, 3.05) is 27.3 Å². The number of aryl methyl sites for hydroxylation is 2. The van der Waals surface area contributed by atoms with Gasteiger partial charge in [-0.05, 0) is 31.5 Å². The zero-order chi connectivity index (χ0) is 20.4. The lowest BCUT2D eigenvalue weighted by Gasteiger charge is -2.20. The highest BCUT2D eigenvalue weighted by molar-refractivity contribution is 5.95. The van der Waals surface area contributed by atoms with Crippen LogP contribution in [0.25, 0.3) is 0 Å². The van der Waals surface area contributed by atoms with Gasteiger partial charge >= 0.3 is 5.97 Å². The van der Waals surface area contributed by atoms with Crippen LogP contribution >= 0.6 is 0 Å². The van der Waals surface area contributed by atoms with Crippen molar-refractivity contribution in [2.24, 2.45) is 5.92 Å². The number of hydrogen-bond donors (Lipinski definition) is 1. The van der Waals surface area contributed by atoms with Gasteiger partial charge in [0.2, 0.25) is 0 Å². The summed E-state index contributed by atoms with van der Waals surface area (Å²) in [5.74, 6) is -1.25. The first-order valence-electron chi connectivity index (χ1n) is 9.03. The molecule has 0 bridgehead atoms. The molecule has 1 aliphatic rings. The highest BCUT2D eigenvalue weighted by atomic mass is 16.5. The van der Waals surface area contributed by atoms with Gasteiger partial charge in [0, 0.05) is 36.5 Å². The molecule has 1 saturated heterocycles. The number of amides is 1. The summed E-state index contributed by atoms with van der Waals surface area (Å²) in [6, 6.07) is 7.18. The third-order valence-electron chi connectivity index (χ3n) is 5.34. The SMILES string of the molecule is COc1cccc(C2CN(C(=O)c3cnc(C)c(C)c3)CC2C(=O)O)c1OC. The molecule has 1 aromatic heterocycles. The standard InChI is InChI=1S/C21H24N2O5/c1-12-8-14(9-22-13(12)2)20(24)23-10-16(17(11-23)21(25)26)15-6-5-7-18(27-3)19(15)28-4/h5-9,16-17H,10-11H2,1-4H3,(H,25,26). The molecule has 7 nitrogen and oxygen atoms in total. The number of carboxylic acid groups (broad SMARTS) is 1. The number of carbonyl (C=O) groups is 2. The number of aromatic nitrogens is 1. The fourth-order valence-electron chi connectivity index (χ4n) is 3.68. The van der Waals surface area contributed by atoms with Crippen molar-refractivity contribution in [3.8, 4) is 11.5 Å².